The van der Waals surface area contributed by atoms with Crippen LogP contribution in [0.5, 0.6) is 0 Å². The van der Waals surface area contributed by atoms with Gasteiger partial charge in [0, 0.05) is 44.4 Å². The molecule has 0 radical (unpaired) electrons. The van der Waals surface area contributed by atoms with Crippen molar-refractivity contribution in [3.8, 4) is 0 Å². The Hall–Kier alpha value is 0.230. The molecule has 0 aromatic rings. The van der Waals surface area contributed by atoms with E-state index in [0.29, 0.717) is 12.6 Å². The molecule has 0 bridgehead atoms. The third-order valence-corrected chi connectivity index (χ3v) is 3.49. The Morgan fingerprint density at radius 1 is 1.62 bits per heavy atom. The van der Waals surface area contributed by atoms with E-state index in [4.69, 9.17) is 9.84 Å². The molecule has 0 aliphatic carbocycles. The molecule has 0 spiro atoms. The second kappa shape index (κ2) is 6.65. The van der Waals surface area contributed by atoms with Crippen LogP contribution in [0, 0.1) is 0 Å². The number of thioether (sulfide) groups is 1. The first-order valence-electron chi connectivity index (χ1n) is 4.80. The third-order valence-electron chi connectivity index (χ3n) is 2.39. The van der Waals surface area contributed by atoms with Gasteiger partial charge in [-0.05, 0) is 6.42 Å². The average Bonchev–Trinajstić information content (AvgIpc) is 2.17. The summed E-state index contributed by atoms with van der Waals surface area (Å²) in [6, 6.07) is 0.555. The number of methoxy groups -OCH3 is 1. The zero-order valence-corrected chi connectivity index (χ0v) is 9.05. The van der Waals surface area contributed by atoms with Gasteiger partial charge in [0.25, 0.3) is 0 Å². The Bertz CT molecular complexity index is 133. The van der Waals surface area contributed by atoms with Crippen LogP contribution in [0.15, 0.2) is 0 Å². The summed E-state index contributed by atoms with van der Waals surface area (Å²) in [5.74, 6) is 2.37. The fourth-order valence-electron chi connectivity index (χ4n) is 1.61. The van der Waals surface area contributed by atoms with Gasteiger partial charge in [-0.2, -0.15) is 11.8 Å². The highest BCUT2D eigenvalue weighted by atomic mass is 32.2. The lowest BCUT2D eigenvalue weighted by Crippen LogP contribution is -2.44. The molecular weight excluding hydrogens is 186 g/mol. The zero-order chi connectivity index (χ0) is 9.52. The maximum Gasteiger partial charge on any atom is 0.0589 e. The number of rotatable bonds is 5. The van der Waals surface area contributed by atoms with E-state index < -0.39 is 0 Å². The van der Waals surface area contributed by atoms with Crippen molar-refractivity contribution >= 4 is 11.8 Å². The lowest BCUT2D eigenvalue weighted by molar-refractivity contribution is 0.116. The van der Waals surface area contributed by atoms with Crippen LogP contribution >= 0.6 is 11.8 Å². The fourth-order valence-corrected chi connectivity index (χ4v) is 2.79. The summed E-state index contributed by atoms with van der Waals surface area (Å²) in [6.45, 7) is 3.24. The predicted molar refractivity (Wildman–Crippen MR) is 56.3 cm³/mol. The van der Waals surface area contributed by atoms with E-state index in [0.717, 1.165) is 31.9 Å². The molecule has 1 heterocycles. The molecule has 78 valence electrons. The average molecular weight is 205 g/mol. The van der Waals surface area contributed by atoms with Gasteiger partial charge in [-0.1, -0.05) is 0 Å². The third kappa shape index (κ3) is 3.85. The van der Waals surface area contributed by atoms with Crippen molar-refractivity contribution in [2.24, 2.45) is 0 Å². The minimum absolute atomic E-state index is 0.300. The van der Waals surface area contributed by atoms with E-state index in [9.17, 15) is 0 Å². The molecule has 0 aromatic heterocycles. The number of hydrogen-bond acceptors (Lipinski definition) is 4. The van der Waals surface area contributed by atoms with E-state index >= 15 is 0 Å². The monoisotopic (exact) mass is 205 g/mol. The molecule has 3 nitrogen and oxygen atoms in total. The summed E-state index contributed by atoms with van der Waals surface area (Å²) in [4.78, 5) is 2.43. The molecule has 0 aromatic carbocycles. The second-order valence-corrected chi connectivity index (χ2v) is 4.42. The molecule has 0 saturated carbocycles. The summed E-state index contributed by atoms with van der Waals surface area (Å²) >= 11 is 1.99. The molecule has 1 N–H and O–H groups in total. The van der Waals surface area contributed by atoms with Crippen LogP contribution in [0.1, 0.15) is 6.42 Å². The van der Waals surface area contributed by atoms with Crippen molar-refractivity contribution in [3.05, 3.63) is 0 Å². The largest absolute Gasteiger partial charge is 0.396 e. The van der Waals surface area contributed by atoms with Crippen LogP contribution in [0.3, 0.4) is 0 Å². The maximum atomic E-state index is 8.89. The number of nitrogens with zero attached hydrogens (tertiary/aromatic N) is 1. The van der Waals surface area contributed by atoms with Gasteiger partial charge in [-0.15, -0.1) is 0 Å². The summed E-state index contributed by atoms with van der Waals surface area (Å²) in [5.41, 5.74) is 0. The van der Waals surface area contributed by atoms with E-state index in [2.05, 4.69) is 4.90 Å². The van der Waals surface area contributed by atoms with E-state index in [-0.39, 0.29) is 0 Å². The molecule has 0 amide bonds. The molecule has 1 aliphatic heterocycles. The van der Waals surface area contributed by atoms with Crippen LogP contribution in [-0.2, 0) is 4.74 Å². The van der Waals surface area contributed by atoms with E-state index in [1.165, 1.54) is 5.75 Å². The van der Waals surface area contributed by atoms with Crippen molar-refractivity contribution < 1.29 is 9.84 Å². The van der Waals surface area contributed by atoms with Gasteiger partial charge < -0.3 is 9.84 Å². The maximum absolute atomic E-state index is 8.89. The molecule has 1 fully saturated rings. The number of aliphatic hydroxyl groups is 1. The molecule has 1 aliphatic rings. The van der Waals surface area contributed by atoms with Crippen LogP contribution < -0.4 is 0 Å². The molecule has 0 unspecified atom stereocenters. The van der Waals surface area contributed by atoms with Crippen molar-refractivity contribution in [1.29, 1.82) is 0 Å². The van der Waals surface area contributed by atoms with Crippen LogP contribution in [-0.4, -0.2) is 61.0 Å². The minimum atomic E-state index is 0.300. The first-order valence-corrected chi connectivity index (χ1v) is 5.95. The highest BCUT2D eigenvalue weighted by Crippen LogP contribution is 2.18. The molecule has 4 heteroatoms. The lowest BCUT2D eigenvalue weighted by atomic mass is 10.2. The zero-order valence-electron chi connectivity index (χ0n) is 8.24. The molecule has 1 rings (SSSR count). The van der Waals surface area contributed by atoms with Crippen molar-refractivity contribution in [2.45, 2.75) is 12.5 Å². The predicted octanol–water partition coefficient (Wildman–Crippen LogP) is 0.433. The first kappa shape index (κ1) is 11.3. The fraction of sp³-hybridized carbons (Fsp3) is 1.00. The lowest BCUT2D eigenvalue weighted by Gasteiger charge is -2.34. The Labute approximate surface area is 84.4 Å². The first-order chi connectivity index (χ1) is 6.38. The summed E-state index contributed by atoms with van der Waals surface area (Å²) in [6.07, 6.45) is 0.900. The topological polar surface area (TPSA) is 32.7 Å². The van der Waals surface area contributed by atoms with Gasteiger partial charge in [-0.25, -0.2) is 0 Å². The van der Waals surface area contributed by atoms with E-state index in [1.54, 1.807) is 7.11 Å². The second-order valence-electron chi connectivity index (χ2n) is 3.27. The smallest absolute Gasteiger partial charge is 0.0589 e. The van der Waals surface area contributed by atoms with Gasteiger partial charge >= 0.3 is 0 Å². The van der Waals surface area contributed by atoms with Gasteiger partial charge in [0.15, 0.2) is 0 Å². The van der Waals surface area contributed by atoms with Crippen molar-refractivity contribution in [1.82, 2.24) is 4.90 Å². The van der Waals surface area contributed by atoms with E-state index in [1.807, 2.05) is 11.8 Å². The summed E-state index contributed by atoms with van der Waals surface area (Å²) in [5, 5.41) is 8.89. The van der Waals surface area contributed by atoms with Crippen LogP contribution in [0.25, 0.3) is 0 Å². The molecule has 1 saturated heterocycles. The Morgan fingerprint density at radius 2 is 2.46 bits per heavy atom. The molecular formula is C9H19NO2S. The number of ether oxygens (including phenoxy) is 1. The van der Waals surface area contributed by atoms with Crippen LogP contribution in [0.4, 0.5) is 0 Å². The van der Waals surface area contributed by atoms with Crippen molar-refractivity contribution in [3.63, 3.8) is 0 Å². The summed E-state index contributed by atoms with van der Waals surface area (Å²) < 4.78 is 5.06. The summed E-state index contributed by atoms with van der Waals surface area (Å²) in [7, 11) is 1.74. The molecule has 1 atom stereocenters. The van der Waals surface area contributed by atoms with Crippen LogP contribution in [0.2, 0.25) is 0 Å². The van der Waals surface area contributed by atoms with Gasteiger partial charge in [0.05, 0.1) is 6.61 Å². The number of hydrogen-bond donors (Lipinski definition) is 1. The van der Waals surface area contributed by atoms with Gasteiger partial charge in [-0.3, -0.25) is 4.90 Å². The minimum Gasteiger partial charge on any atom is -0.396 e. The normalized spacial score (nSPS) is 24.9. The van der Waals surface area contributed by atoms with Crippen molar-refractivity contribution in [2.75, 3.05) is 44.9 Å². The Morgan fingerprint density at radius 3 is 3.15 bits per heavy atom. The highest BCUT2D eigenvalue weighted by Gasteiger charge is 2.21. The standard InChI is InChI=1S/C9H19NO2S/c1-12-6-3-10-4-7-13-8-9(10)2-5-11/h9,11H,2-8H2,1H3/t9-/m0/s1. The molecule has 13 heavy (non-hydrogen) atoms. The highest BCUT2D eigenvalue weighted by molar-refractivity contribution is 7.99. The Kier molecular flexibility index (Phi) is 5.78. The SMILES string of the molecule is COCCN1CCSC[C@@H]1CCO. The quantitative estimate of drug-likeness (QED) is 0.705. The van der Waals surface area contributed by atoms with Gasteiger partial charge in [0.2, 0.25) is 0 Å². The van der Waals surface area contributed by atoms with Gasteiger partial charge in [0.1, 0.15) is 0 Å². The number of aliphatic hydroxyl groups excluding tert-OH is 1. The Balaban J connectivity index is 2.28.